The molecule has 1 aliphatic carbocycles. The van der Waals surface area contributed by atoms with Crippen molar-refractivity contribution in [3.05, 3.63) is 46.6 Å². The summed E-state index contributed by atoms with van der Waals surface area (Å²) >= 11 is 0. The van der Waals surface area contributed by atoms with Crippen molar-refractivity contribution in [2.45, 2.75) is 20.3 Å². The Hall–Kier alpha value is -1.66. The minimum Gasteiger partial charge on any atom is -0.321 e. The average molecular weight is 283 g/mol. The second-order valence-electron chi connectivity index (χ2n) is 4.17. The monoisotopic (exact) mass is 283 g/mol. The normalized spacial score (nSPS) is 15.8. The lowest BCUT2D eigenvalue weighted by atomic mass is 10.2. The van der Waals surface area contributed by atoms with Crippen molar-refractivity contribution >= 4 is 16.0 Å². The molecule has 0 heterocycles. The highest BCUT2D eigenvalue weighted by atomic mass is 32.2. The molecule has 0 spiro atoms. The van der Waals surface area contributed by atoms with Gasteiger partial charge in [0.1, 0.15) is 4.91 Å². The third-order valence-electron chi connectivity index (χ3n) is 2.51. The van der Waals surface area contributed by atoms with E-state index in [2.05, 4.69) is 16.1 Å². The third-order valence-corrected chi connectivity index (χ3v) is 3.83. The van der Waals surface area contributed by atoms with Gasteiger partial charge in [0.25, 0.3) is 16.0 Å². The van der Waals surface area contributed by atoms with Crippen molar-refractivity contribution in [1.29, 1.82) is 0 Å². The van der Waals surface area contributed by atoms with Crippen LogP contribution in [-0.4, -0.2) is 21.4 Å². The van der Waals surface area contributed by atoms with E-state index in [0.717, 1.165) is 12.7 Å². The molecule has 0 saturated heterocycles. The molecule has 1 N–H and O–H groups in total. The minimum absolute atomic E-state index is 0.0594. The van der Waals surface area contributed by atoms with Gasteiger partial charge >= 0.3 is 0 Å². The fourth-order valence-electron chi connectivity index (χ4n) is 1.44. The maximum Gasteiger partial charge on any atom is 0.298 e. The van der Waals surface area contributed by atoms with E-state index in [1.165, 1.54) is 6.08 Å². The van der Waals surface area contributed by atoms with Crippen LogP contribution in [0.2, 0.25) is 0 Å². The molecule has 0 atom stereocenters. The Balaban J connectivity index is 3.22. The van der Waals surface area contributed by atoms with Gasteiger partial charge in [-0.3, -0.25) is 8.98 Å². The highest BCUT2D eigenvalue weighted by molar-refractivity contribution is 7.91. The number of rotatable bonds is 4. The van der Waals surface area contributed by atoms with Gasteiger partial charge in [0.2, 0.25) is 0 Å². The summed E-state index contributed by atoms with van der Waals surface area (Å²) in [6.45, 7) is 6.84. The van der Waals surface area contributed by atoms with E-state index in [9.17, 15) is 13.2 Å². The summed E-state index contributed by atoms with van der Waals surface area (Å²) in [5.74, 6) is -0.428. The van der Waals surface area contributed by atoms with Crippen LogP contribution in [0.1, 0.15) is 20.3 Å². The summed E-state index contributed by atoms with van der Waals surface area (Å²) in [5.41, 5.74) is 1.29. The molecule has 1 amide bonds. The summed E-state index contributed by atoms with van der Waals surface area (Å²) < 4.78 is 28.3. The number of carbonyl (C=O) groups is 1. The van der Waals surface area contributed by atoms with Crippen molar-refractivity contribution in [3.63, 3.8) is 0 Å². The van der Waals surface area contributed by atoms with Crippen LogP contribution >= 0.6 is 0 Å². The first kappa shape index (κ1) is 15.4. The molecule has 104 valence electrons. The number of nitrogens with one attached hydrogen (secondary N) is 1. The van der Waals surface area contributed by atoms with Crippen molar-refractivity contribution in [3.8, 4) is 0 Å². The summed E-state index contributed by atoms with van der Waals surface area (Å²) in [6.07, 6.45) is 5.47. The first-order valence-corrected chi connectivity index (χ1v) is 7.05. The second kappa shape index (κ2) is 5.99. The van der Waals surface area contributed by atoms with Crippen LogP contribution in [0.3, 0.4) is 0 Å². The molecule has 1 aliphatic rings. The van der Waals surface area contributed by atoms with Crippen LogP contribution in [-0.2, 0) is 19.1 Å². The molecule has 0 unspecified atom stereocenters. The van der Waals surface area contributed by atoms with E-state index >= 15 is 0 Å². The molecule has 0 fully saturated rings. The standard InChI is InChI=1S/C13H17NO4S/c1-9(2)13(15)14-11-7-5-6-10(3)8-12(11)19(16,17)18-4/h6-8H,1,5H2,2-4H3,(H,14,15). The van der Waals surface area contributed by atoms with Crippen LogP contribution in [0.4, 0.5) is 0 Å². The third kappa shape index (κ3) is 3.90. The SMILES string of the molecule is C=C(C)C(=O)NC1=CCC=C(C)C=C1S(=O)(=O)OC. The highest BCUT2D eigenvalue weighted by Gasteiger charge is 2.23. The smallest absolute Gasteiger partial charge is 0.298 e. The molecule has 1 rings (SSSR count). The number of carbonyl (C=O) groups excluding carboxylic acids is 1. The zero-order valence-electron chi connectivity index (χ0n) is 11.2. The Morgan fingerprint density at radius 3 is 2.58 bits per heavy atom. The zero-order valence-corrected chi connectivity index (χ0v) is 12.0. The number of hydrogen-bond donors (Lipinski definition) is 1. The van der Waals surface area contributed by atoms with Gasteiger partial charge < -0.3 is 5.32 Å². The molecular formula is C13H17NO4S. The molecule has 0 saturated carbocycles. The zero-order chi connectivity index (χ0) is 14.6. The topological polar surface area (TPSA) is 72.5 Å². The maximum absolute atomic E-state index is 11.9. The lowest BCUT2D eigenvalue weighted by molar-refractivity contribution is -0.116. The Labute approximate surface area is 113 Å². The van der Waals surface area contributed by atoms with E-state index in [4.69, 9.17) is 0 Å². The quantitative estimate of drug-likeness (QED) is 0.630. The number of allylic oxidation sites excluding steroid dienone is 4. The van der Waals surface area contributed by atoms with Crippen molar-refractivity contribution < 1.29 is 17.4 Å². The van der Waals surface area contributed by atoms with Crippen molar-refractivity contribution in [1.82, 2.24) is 5.32 Å². The van der Waals surface area contributed by atoms with Gasteiger partial charge in [-0.2, -0.15) is 8.42 Å². The van der Waals surface area contributed by atoms with Crippen LogP contribution in [0, 0.1) is 0 Å². The molecular weight excluding hydrogens is 266 g/mol. The average Bonchev–Trinajstić information content (AvgIpc) is 2.51. The van der Waals surface area contributed by atoms with Gasteiger partial charge in [-0.1, -0.05) is 24.3 Å². The predicted octanol–water partition coefficient (Wildman–Crippen LogP) is 1.77. The molecule has 0 bridgehead atoms. The van der Waals surface area contributed by atoms with Crippen LogP contribution in [0.15, 0.2) is 46.6 Å². The van der Waals surface area contributed by atoms with E-state index in [1.807, 2.05) is 6.08 Å². The minimum atomic E-state index is -3.89. The Bertz CT molecular complexity index is 594. The first-order valence-electron chi connectivity index (χ1n) is 5.64. The fourth-order valence-corrected chi connectivity index (χ4v) is 2.36. The van der Waals surface area contributed by atoms with Gasteiger partial charge in [0, 0.05) is 5.57 Å². The predicted molar refractivity (Wildman–Crippen MR) is 73.4 cm³/mol. The van der Waals surface area contributed by atoms with Gasteiger partial charge in [-0.25, -0.2) is 0 Å². The highest BCUT2D eigenvalue weighted by Crippen LogP contribution is 2.22. The molecule has 5 nitrogen and oxygen atoms in total. The van der Waals surface area contributed by atoms with Crippen LogP contribution in [0.25, 0.3) is 0 Å². The summed E-state index contributed by atoms with van der Waals surface area (Å²) in [7, 11) is -2.81. The lowest BCUT2D eigenvalue weighted by Gasteiger charge is -2.12. The van der Waals surface area contributed by atoms with Gasteiger partial charge in [-0.05, 0) is 26.3 Å². The Morgan fingerprint density at radius 2 is 2.05 bits per heavy atom. The molecule has 0 aliphatic heterocycles. The Kier molecular flexibility index (Phi) is 4.85. The summed E-state index contributed by atoms with van der Waals surface area (Å²) in [5, 5.41) is 2.53. The summed E-state index contributed by atoms with van der Waals surface area (Å²) in [4.78, 5) is 11.6. The lowest BCUT2D eigenvalue weighted by Crippen LogP contribution is -2.26. The fraction of sp³-hybridized carbons (Fsp3) is 0.308. The molecule has 0 aromatic rings. The van der Waals surface area contributed by atoms with Gasteiger partial charge in [0.05, 0.1) is 12.8 Å². The van der Waals surface area contributed by atoms with Crippen molar-refractivity contribution in [2.75, 3.05) is 7.11 Å². The number of hydrogen-bond acceptors (Lipinski definition) is 4. The molecule has 0 aromatic heterocycles. The largest absolute Gasteiger partial charge is 0.321 e. The van der Waals surface area contributed by atoms with Gasteiger partial charge in [-0.15, -0.1) is 0 Å². The van der Waals surface area contributed by atoms with Crippen molar-refractivity contribution in [2.24, 2.45) is 0 Å². The number of amides is 1. The summed E-state index contributed by atoms with van der Waals surface area (Å²) in [6, 6.07) is 0. The van der Waals surface area contributed by atoms with E-state index in [-0.39, 0.29) is 10.6 Å². The van der Waals surface area contributed by atoms with E-state index in [0.29, 0.717) is 12.0 Å². The molecule has 19 heavy (non-hydrogen) atoms. The van der Waals surface area contributed by atoms with Gasteiger partial charge in [0.15, 0.2) is 0 Å². The Morgan fingerprint density at radius 1 is 1.42 bits per heavy atom. The molecule has 6 heteroatoms. The first-order chi connectivity index (χ1) is 8.77. The van der Waals surface area contributed by atoms with Crippen LogP contribution < -0.4 is 5.32 Å². The van der Waals surface area contributed by atoms with Crippen LogP contribution in [0.5, 0.6) is 0 Å². The van der Waals surface area contributed by atoms with E-state index < -0.39 is 16.0 Å². The van der Waals surface area contributed by atoms with E-state index in [1.54, 1.807) is 19.9 Å². The molecule has 0 radical (unpaired) electrons. The second-order valence-corrected chi connectivity index (χ2v) is 5.85. The molecule has 0 aromatic carbocycles. The maximum atomic E-state index is 11.9.